The number of hydrogen-bond donors (Lipinski definition) is 0. The molecule has 2 aromatic heterocycles. The maximum absolute atomic E-state index is 12.7. The summed E-state index contributed by atoms with van der Waals surface area (Å²) in [5.41, 5.74) is -0.385. The first-order valence-corrected chi connectivity index (χ1v) is 6.48. The van der Waals surface area contributed by atoms with E-state index >= 15 is 0 Å². The minimum Gasteiger partial charge on any atom is -0.439 e. The van der Waals surface area contributed by atoms with E-state index in [1.54, 1.807) is 19.2 Å². The van der Waals surface area contributed by atoms with Crippen molar-refractivity contribution < 1.29 is 17.9 Å². The number of nitrogens with zero attached hydrogens (tertiary/aromatic N) is 5. The Morgan fingerprint density at radius 3 is 2.57 bits per heavy atom. The van der Waals surface area contributed by atoms with Gasteiger partial charge >= 0.3 is 6.18 Å². The van der Waals surface area contributed by atoms with Gasteiger partial charge in [-0.25, -0.2) is 4.98 Å². The first-order chi connectivity index (χ1) is 10.9. The van der Waals surface area contributed by atoms with Crippen LogP contribution in [0.2, 0.25) is 0 Å². The van der Waals surface area contributed by atoms with Gasteiger partial charge in [0.1, 0.15) is 11.4 Å². The van der Waals surface area contributed by atoms with Crippen molar-refractivity contribution in [3.8, 4) is 23.1 Å². The Morgan fingerprint density at radius 2 is 1.87 bits per heavy atom. The van der Waals surface area contributed by atoms with Gasteiger partial charge in [0.25, 0.3) is 0 Å². The first-order valence-electron chi connectivity index (χ1n) is 6.48. The van der Waals surface area contributed by atoms with E-state index in [9.17, 15) is 13.2 Å². The van der Waals surface area contributed by atoms with E-state index in [4.69, 9.17) is 4.74 Å². The molecular formula is C14H10F3N5O. The summed E-state index contributed by atoms with van der Waals surface area (Å²) in [4.78, 5) is 5.44. The Labute approximate surface area is 128 Å². The Kier molecular flexibility index (Phi) is 3.68. The Bertz CT molecular complexity index is 831. The van der Waals surface area contributed by atoms with Crippen LogP contribution in [0.25, 0.3) is 11.5 Å². The van der Waals surface area contributed by atoms with E-state index in [1.807, 2.05) is 0 Å². The zero-order chi connectivity index (χ0) is 16.4. The number of pyridine rings is 1. The molecule has 6 nitrogen and oxygen atoms in total. The van der Waals surface area contributed by atoms with Gasteiger partial charge < -0.3 is 4.74 Å². The Hall–Kier alpha value is -2.97. The highest BCUT2D eigenvalue weighted by atomic mass is 19.4. The maximum Gasteiger partial charge on any atom is 0.416 e. The molecule has 0 aliphatic carbocycles. The molecule has 0 aliphatic rings. The molecular weight excluding hydrogens is 311 g/mol. The van der Waals surface area contributed by atoms with Crippen molar-refractivity contribution in [1.82, 2.24) is 25.2 Å². The fourth-order valence-corrected chi connectivity index (χ4v) is 1.84. The van der Waals surface area contributed by atoms with Gasteiger partial charge in [-0.15, -0.1) is 10.2 Å². The van der Waals surface area contributed by atoms with Crippen LogP contribution in [-0.2, 0) is 13.2 Å². The predicted molar refractivity (Wildman–Crippen MR) is 73.5 cm³/mol. The molecule has 9 heteroatoms. The molecule has 0 saturated heterocycles. The number of hydrogen-bond acceptors (Lipinski definition) is 5. The fraction of sp³-hybridized carbons (Fsp3) is 0.143. The van der Waals surface area contributed by atoms with Crippen LogP contribution in [0.3, 0.4) is 0 Å². The number of ether oxygens (including phenoxy) is 1. The van der Waals surface area contributed by atoms with Gasteiger partial charge in [0, 0.05) is 6.07 Å². The molecule has 1 aromatic carbocycles. The van der Waals surface area contributed by atoms with E-state index in [0.29, 0.717) is 11.5 Å². The van der Waals surface area contributed by atoms with Gasteiger partial charge in [0.15, 0.2) is 0 Å². The fourth-order valence-electron chi connectivity index (χ4n) is 1.84. The molecule has 0 atom stereocenters. The average molecular weight is 321 g/mol. The van der Waals surface area contributed by atoms with E-state index in [-0.39, 0.29) is 11.6 Å². The van der Waals surface area contributed by atoms with Crippen molar-refractivity contribution in [2.45, 2.75) is 6.18 Å². The molecule has 3 aromatic rings. The molecule has 2 heterocycles. The summed E-state index contributed by atoms with van der Waals surface area (Å²) in [6.45, 7) is 0. The maximum atomic E-state index is 12.7. The van der Waals surface area contributed by atoms with Crippen LogP contribution in [0.4, 0.5) is 13.2 Å². The summed E-state index contributed by atoms with van der Waals surface area (Å²) >= 11 is 0. The zero-order valence-electron chi connectivity index (χ0n) is 11.8. The molecule has 0 unspecified atom stereocenters. The SMILES string of the molecule is Cn1nnc(-c2cccc(Oc3cccc(C(F)(F)F)c3)n2)n1. The van der Waals surface area contributed by atoms with Crippen molar-refractivity contribution in [2.24, 2.45) is 7.05 Å². The van der Waals surface area contributed by atoms with Gasteiger partial charge in [-0.05, 0) is 29.5 Å². The van der Waals surface area contributed by atoms with Gasteiger partial charge in [0.05, 0.1) is 12.6 Å². The van der Waals surface area contributed by atoms with Gasteiger partial charge in [-0.2, -0.15) is 18.0 Å². The summed E-state index contributed by atoms with van der Waals surface area (Å²) in [6, 6.07) is 9.39. The summed E-state index contributed by atoms with van der Waals surface area (Å²) in [7, 11) is 1.61. The van der Waals surface area contributed by atoms with Gasteiger partial charge in [0.2, 0.25) is 11.7 Å². The largest absolute Gasteiger partial charge is 0.439 e. The minimum atomic E-state index is -4.43. The second kappa shape index (κ2) is 5.67. The molecule has 0 amide bonds. The van der Waals surface area contributed by atoms with E-state index in [1.165, 1.54) is 23.0 Å². The molecule has 118 valence electrons. The third-order valence-corrected chi connectivity index (χ3v) is 2.84. The van der Waals surface area contributed by atoms with Crippen molar-refractivity contribution in [1.29, 1.82) is 0 Å². The van der Waals surface area contributed by atoms with E-state index < -0.39 is 11.7 Å². The van der Waals surface area contributed by atoms with Gasteiger partial charge in [-0.1, -0.05) is 12.1 Å². The number of benzene rings is 1. The molecule has 0 aliphatic heterocycles. The topological polar surface area (TPSA) is 65.7 Å². The highest BCUT2D eigenvalue weighted by Gasteiger charge is 2.30. The van der Waals surface area contributed by atoms with Crippen molar-refractivity contribution in [3.63, 3.8) is 0 Å². The second-order valence-electron chi connectivity index (χ2n) is 4.59. The molecule has 0 radical (unpaired) electrons. The molecule has 23 heavy (non-hydrogen) atoms. The number of halogens is 3. The number of aromatic nitrogens is 5. The average Bonchev–Trinajstić information content (AvgIpc) is 2.94. The summed E-state index contributed by atoms with van der Waals surface area (Å²) in [5.74, 6) is 0.466. The summed E-state index contributed by atoms with van der Waals surface area (Å²) in [6.07, 6.45) is -4.43. The quantitative estimate of drug-likeness (QED) is 0.741. The molecule has 0 spiro atoms. The molecule has 0 bridgehead atoms. The highest BCUT2D eigenvalue weighted by Crippen LogP contribution is 2.32. The molecule has 0 N–H and O–H groups in total. The Morgan fingerprint density at radius 1 is 1.09 bits per heavy atom. The van der Waals surface area contributed by atoms with Crippen LogP contribution < -0.4 is 4.74 Å². The summed E-state index contributed by atoms with van der Waals surface area (Å²) in [5, 5.41) is 11.5. The molecule has 0 saturated carbocycles. The normalized spacial score (nSPS) is 11.5. The van der Waals surface area contributed by atoms with Crippen LogP contribution in [-0.4, -0.2) is 25.2 Å². The third-order valence-electron chi connectivity index (χ3n) is 2.84. The van der Waals surface area contributed by atoms with Crippen molar-refractivity contribution in [2.75, 3.05) is 0 Å². The van der Waals surface area contributed by atoms with Crippen LogP contribution in [0.5, 0.6) is 11.6 Å². The number of tetrazole rings is 1. The summed E-state index contributed by atoms with van der Waals surface area (Å²) < 4.78 is 43.5. The van der Waals surface area contributed by atoms with Gasteiger partial charge in [-0.3, -0.25) is 0 Å². The molecule has 3 rings (SSSR count). The minimum absolute atomic E-state index is 0.0385. The van der Waals surface area contributed by atoms with E-state index in [2.05, 4.69) is 20.4 Å². The second-order valence-corrected chi connectivity index (χ2v) is 4.59. The van der Waals surface area contributed by atoms with E-state index in [0.717, 1.165) is 12.1 Å². The lowest BCUT2D eigenvalue weighted by Crippen LogP contribution is -2.04. The van der Waals surface area contributed by atoms with Crippen LogP contribution >= 0.6 is 0 Å². The standard InChI is InChI=1S/C14H10F3N5O/c1-22-20-13(19-21-22)11-6-3-7-12(18-11)23-10-5-2-4-9(8-10)14(15,16)17/h2-8H,1H3. The lowest BCUT2D eigenvalue weighted by molar-refractivity contribution is -0.137. The van der Waals surface area contributed by atoms with Crippen molar-refractivity contribution >= 4 is 0 Å². The number of alkyl halides is 3. The first kappa shape index (κ1) is 14.9. The van der Waals surface area contributed by atoms with Crippen LogP contribution in [0.1, 0.15) is 5.56 Å². The Balaban J connectivity index is 1.86. The number of rotatable bonds is 3. The predicted octanol–water partition coefficient (Wildman–Crippen LogP) is 3.08. The van der Waals surface area contributed by atoms with Crippen LogP contribution in [0.15, 0.2) is 42.5 Å². The van der Waals surface area contributed by atoms with Crippen LogP contribution in [0, 0.1) is 0 Å². The smallest absolute Gasteiger partial charge is 0.416 e. The monoisotopic (exact) mass is 321 g/mol. The lowest BCUT2D eigenvalue weighted by atomic mass is 10.2. The van der Waals surface area contributed by atoms with Crippen molar-refractivity contribution in [3.05, 3.63) is 48.0 Å². The lowest BCUT2D eigenvalue weighted by Gasteiger charge is -2.09. The third kappa shape index (κ3) is 3.44. The molecule has 0 fully saturated rings. The number of aryl methyl sites for hydroxylation is 1. The highest BCUT2D eigenvalue weighted by molar-refractivity contribution is 5.48. The zero-order valence-corrected chi connectivity index (χ0v) is 11.8.